The summed E-state index contributed by atoms with van der Waals surface area (Å²) < 4.78 is 4.91. The van der Waals surface area contributed by atoms with Crippen molar-refractivity contribution in [2.45, 2.75) is 13.5 Å². The average Bonchev–Trinajstić information content (AvgIpc) is 2.66. The number of benzene rings is 2. The maximum atomic E-state index is 12.4. The summed E-state index contributed by atoms with van der Waals surface area (Å²) in [6, 6.07) is 17.0. The Kier molecular flexibility index (Phi) is 5.04. The second-order valence-electron chi connectivity index (χ2n) is 5.47. The maximum Gasteiger partial charge on any atom is 0.356 e. The number of carbonyl (C=O) groups is 2. The summed E-state index contributed by atoms with van der Waals surface area (Å²) in [5, 5.41) is 5.12. The van der Waals surface area contributed by atoms with E-state index < -0.39 is 5.97 Å². The van der Waals surface area contributed by atoms with E-state index in [2.05, 4.69) is 10.3 Å². The van der Waals surface area contributed by atoms with Crippen LogP contribution < -0.4 is 5.32 Å². The molecular weight excluding hydrogens is 316 g/mol. The highest BCUT2D eigenvalue weighted by molar-refractivity contribution is 5.97. The van der Waals surface area contributed by atoms with Crippen LogP contribution in [0.3, 0.4) is 0 Å². The molecular formula is C20H18N2O3. The molecule has 2 aromatic carbocycles. The minimum atomic E-state index is -0.536. The molecule has 5 nitrogen and oxygen atoms in total. The second-order valence-corrected chi connectivity index (χ2v) is 5.47. The molecule has 0 aliphatic rings. The number of pyridine rings is 1. The van der Waals surface area contributed by atoms with Crippen molar-refractivity contribution in [2.24, 2.45) is 0 Å². The minimum absolute atomic E-state index is 0.125. The lowest BCUT2D eigenvalue weighted by Gasteiger charge is -2.09. The number of carbonyl (C=O) groups excluding carboxylic acids is 2. The molecule has 0 saturated heterocycles. The van der Waals surface area contributed by atoms with Crippen LogP contribution in [0.1, 0.15) is 33.3 Å². The van der Waals surface area contributed by atoms with Crippen molar-refractivity contribution in [3.8, 4) is 0 Å². The third-order valence-electron chi connectivity index (χ3n) is 3.83. The zero-order valence-corrected chi connectivity index (χ0v) is 13.9. The fraction of sp³-hybridized carbons (Fsp3) is 0.150. The lowest BCUT2D eigenvalue weighted by atomic mass is 10.0. The van der Waals surface area contributed by atoms with Crippen LogP contribution in [0, 0.1) is 0 Å². The van der Waals surface area contributed by atoms with Crippen molar-refractivity contribution < 1.29 is 14.3 Å². The number of esters is 1. The minimum Gasteiger partial charge on any atom is -0.461 e. The molecule has 25 heavy (non-hydrogen) atoms. The molecule has 3 aromatic rings. The lowest BCUT2D eigenvalue weighted by Crippen LogP contribution is -2.23. The number of nitrogens with zero attached hydrogens (tertiary/aromatic N) is 1. The van der Waals surface area contributed by atoms with Crippen LogP contribution in [-0.2, 0) is 11.3 Å². The van der Waals surface area contributed by atoms with Crippen LogP contribution in [0.15, 0.2) is 60.8 Å². The zero-order chi connectivity index (χ0) is 17.6. The summed E-state index contributed by atoms with van der Waals surface area (Å²) in [6.45, 7) is 2.38. The predicted octanol–water partition coefficient (Wildman–Crippen LogP) is 3.34. The van der Waals surface area contributed by atoms with Crippen LogP contribution in [-0.4, -0.2) is 23.5 Å². The molecule has 1 N–H and O–H groups in total. The number of fused-ring (bicyclic) bond motifs is 1. The fourth-order valence-electron chi connectivity index (χ4n) is 2.61. The number of nitrogens with one attached hydrogen (secondary N) is 1. The number of hydrogen-bond acceptors (Lipinski definition) is 4. The number of rotatable bonds is 5. The first-order valence-electron chi connectivity index (χ1n) is 8.07. The quantitative estimate of drug-likeness (QED) is 0.727. The summed E-state index contributed by atoms with van der Waals surface area (Å²) in [5.41, 5.74) is 1.53. The van der Waals surface area contributed by atoms with E-state index in [0.29, 0.717) is 12.1 Å². The first-order chi connectivity index (χ1) is 12.2. The van der Waals surface area contributed by atoms with Gasteiger partial charge in [-0.25, -0.2) is 9.78 Å². The third kappa shape index (κ3) is 3.83. The Labute approximate surface area is 145 Å². The van der Waals surface area contributed by atoms with Crippen molar-refractivity contribution in [1.82, 2.24) is 10.3 Å². The molecule has 1 aromatic heterocycles. The van der Waals surface area contributed by atoms with Crippen molar-refractivity contribution in [1.29, 1.82) is 0 Å². The molecule has 3 rings (SSSR count). The summed E-state index contributed by atoms with van der Waals surface area (Å²) >= 11 is 0. The Morgan fingerprint density at radius 1 is 1.08 bits per heavy atom. The van der Waals surface area contributed by atoms with Crippen molar-refractivity contribution in [3.05, 3.63) is 77.6 Å². The van der Waals surface area contributed by atoms with Gasteiger partial charge in [0.2, 0.25) is 0 Å². The van der Waals surface area contributed by atoms with Crippen LogP contribution >= 0.6 is 0 Å². The van der Waals surface area contributed by atoms with Crippen molar-refractivity contribution >= 4 is 22.6 Å². The van der Waals surface area contributed by atoms with E-state index in [9.17, 15) is 9.59 Å². The molecule has 5 heteroatoms. The van der Waals surface area contributed by atoms with Gasteiger partial charge in [0.15, 0.2) is 0 Å². The molecule has 0 aliphatic carbocycles. The third-order valence-corrected chi connectivity index (χ3v) is 3.83. The molecule has 0 atom stereocenters. The monoisotopic (exact) mass is 334 g/mol. The van der Waals surface area contributed by atoms with Gasteiger partial charge in [-0.2, -0.15) is 0 Å². The Morgan fingerprint density at radius 2 is 1.88 bits per heavy atom. The topological polar surface area (TPSA) is 68.3 Å². The molecule has 0 saturated carbocycles. The average molecular weight is 334 g/mol. The van der Waals surface area contributed by atoms with E-state index in [-0.39, 0.29) is 18.2 Å². The van der Waals surface area contributed by atoms with Gasteiger partial charge in [0.1, 0.15) is 5.69 Å². The van der Waals surface area contributed by atoms with Crippen LogP contribution in [0.25, 0.3) is 10.8 Å². The van der Waals surface area contributed by atoms with Gasteiger partial charge in [0.05, 0.1) is 6.61 Å². The van der Waals surface area contributed by atoms with Gasteiger partial charge in [0.25, 0.3) is 5.91 Å². The van der Waals surface area contributed by atoms with E-state index in [1.165, 1.54) is 12.3 Å². The predicted molar refractivity (Wildman–Crippen MR) is 95.3 cm³/mol. The second kappa shape index (κ2) is 7.57. The molecule has 0 unspecified atom stereocenters. The normalized spacial score (nSPS) is 10.4. The van der Waals surface area contributed by atoms with Gasteiger partial charge in [-0.05, 0) is 35.4 Å². The molecule has 126 valence electrons. The van der Waals surface area contributed by atoms with E-state index in [0.717, 1.165) is 16.3 Å². The van der Waals surface area contributed by atoms with Gasteiger partial charge in [-0.15, -0.1) is 0 Å². The SMILES string of the molecule is CCOC(=O)c1cc(C(=O)NCc2cccc3ccccc23)ccn1. The molecule has 0 aliphatic heterocycles. The van der Waals surface area contributed by atoms with Gasteiger partial charge in [-0.1, -0.05) is 42.5 Å². The van der Waals surface area contributed by atoms with E-state index in [1.807, 2.05) is 42.5 Å². The smallest absolute Gasteiger partial charge is 0.356 e. The van der Waals surface area contributed by atoms with Crippen LogP contribution in [0.5, 0.6) is 0 Å². The Balaban J connectivity index is 1.74. The van der Waals surface area contributed by atoms with Gasteiger partial charge in [0, 0.05) is 18.3 Å². The lowest BCUT2D eigenvalue weighted by molar-refractivity contribution is 0.0519. The molecule has 0 fully saturated rings. The molecule has 0 bridgehead atoms. The fourth-order valence-corrected chi connectivity index (χ4v) is 2.61. The Bertz CT molecular complexity index is 916. The number of hydrogen-bond donors (Lipinski definition) is 1. The summed E-state index contributed by atoms with van der Waals surface area (Å²) in [4.78, 5) is 28.1. The molecule has 1 heterocycles. The Hall–Kier alpha value is -3.21. The molecule has 0 spiro atoms. The summed E-state index contributed by atoms with van der Waals surface area (Å²) in [6.07, 6.45) is 1.43. The highest BCUT2D eigenvalue weighted by Gasteiger charge is 2.12. The van der Waals surface area contributed by atoms with Gasteiger partial charge < -0.3 is 10.1 Å². The maximum absolute atomic E-state index is 12.4. The molecule has 0 radical (unpaired) electrons. The number of ether oxygens (including phenoxy) is 1. The van der Waals surface area contributed by atoms with Crippen LogP contribution in [0.2, 0.25) is 0 Å². The van der Waals surface area contributed by atoms with Gasteiger partial charge in [-0.3, -0.25) is 4.79 Å². The van der Waals surface area contributed by atoms with E-state index >= 15 is 0 Å². The molecule has 1 amide bonds. The van der Waals surface area contributed by atoms with Crippen molar-refractivity contribution in [2.75, 3.05) is 6.61 Å². The van der Waals surface area contributed by atoms with Gasteiger partial charge >= 0.3 is 5.97 Å². The van der Waals surface area contributed by atoms with E-state index in [1.54, 1.807) is 13.0 Å². The first kappa shape index (κ1) is 16.6. The zero-order valence-electron chi connectivity index (χ0n) is 13.9. The standard InChI is InChI=1S/C20H18N2O3/c1-2-25-20(24)18-12-15(10-11-21-18)19(23)22-13-16-8-5-7-14-6-3-4-9-17(14)16/h3-12H,2,13H2,1H3,(H,22,23). The highest BCUT2D eigenvalue weighted by atomic mass is 16.5. The largest absolute Gasteiger partial charge is 0.461 e. The Morgan fingerprint density at radius 3 is 2.72 bits per heavy atom. The first-order valence-corrected chi connectivity index (χ1v) is 8.07. The summed E-state index contributed by atoms with van der Waals surface area (Å²) in [7, 11) is 0. The number of amides is 1. The van der Waals surface area contributed by atoms with E-state index in [4.69, 9.17) is 4.74 Å². The summed E-state index contributed by atoms with van der Waals surface area (Å²) in [5.74, 6) is -0.799. The van der Waals surface area contributed by atoms with Crippen molar-refractivity contribution in [3.63, 3.8) is 0 Å². The number of aromatic nitrogens is 1. The van der Waals surface area contributed by atoms with Crippen LogP contribution in [0.4, 0.5) is 0 Å². The highest BCUT2D eigenvalue weighted by Crippen LogP contribution is 2.18.